The SMILES string of the molecule is CC(C)(C)On1c(=O)nc(N2CCNCC2)c2cccnc21. The molecule has 1 saturated heterocycles. The second kappa shape index (κ2) is 5.57. The van der Waals surface area contributed by atoms with Gasteiger partial charge in [-0.2, -0.15) is 4.98 Å². The first-order valence-corrected chi connectivity index (χ1v) is 7.49. The largest absolute Gasteiger partial charge is 0.402 e. The van der Waals surface area contributed by atoms with E-state index in [9.17, 15) is 4.79 Å². The van der Waals surface area contributed by atoms with E-state index in [1.165, 1.54) is 4.73 Å². The van der Waals surface area contributed by atoms with Gasteiger partial charge in [0, 0.05) is 32.4 Å². The van der Waals surface area contributed by atoms with Crippen LogP contribution in [0.3, 0.4) is 0 Å². The van der Waals surface area contributed by atoms with Gasteiger partial charge in [0.15, 0.2) is 5.65 Å². The molecule has 0 amide bonds. The van der Waals surface area contributed by atoms with Crippen molar-refractivity contribution in [2.45, 2.75) is 26.4 Å². The third-order valence-electron chi connectivity index (χ3n) is 3.38. The Morgan fingerprint density at radius 1 is 1.27 bits per heavy atom. The Morgan fingerprint density at radius 3 is 2.68 bits per heavy atom. The van der Waals surface area contributed by atoms with Crippen molar-refractivity contribution in [2.75, 3.05) is 31.1 Å². The molecule has 0 saturated carbocycles. The molecular formula is C15H21N5O2. The number of rotatable bonds is 2. The quantitative estimate of drug-likeness (QED) is 0.867. The minimum Gasteiger partial charge on any atom is -0.402 e. The van der Waals surface area contributed by atoms with E-state index in [1.807, 2.05) is 32.9 Å². The van der Waals surface area contributed by atoms with Gasteiger partial charge in [0.25, 0.3) is 0 Å². The van der Waals surface area contributed by atoms with Crippen molar-refractivity contribution in [2.24, 2.45) is 0 Å². The molecule has 0 aliphatic carbocycles. The van der Waals surface area contributed by atoms with E-state index in [4.69, 9.17) is 4.84 Å². The van der Waals surface area contributed by atoms with Crippen LogP contribution in [0.1, 0.15) is 20.8 Å². The molecular weight excluding hydrogens is 282 g/mol. The van der Waals surface area contributed by atoms with Gasteiger partial charge in [0.1, 0.15) is 11.4 Å². The van der Waals surface area contributed by atoms with Gasteiger partial charge >= 0.3 is 5.69 Å². The van der Waals surface area contributed by atoms with Crippen LogP contribution in [0.25, 0.3) is 11.0 Å². The molecule has 0 atom stereocenters. The second-order valence-electron chi connectivity index (χ2n) is 6.33. The molecule has 2 aromatic rings. The van der Waals surface area contributed by atoms with Crippen molar-refractivity contribution < 1.29 is 4.84 Å². The summed E-state index contributed by atoms with van der Waals surface area (Å²) in [6, 6.07) is 3.77. The number of nitrogens with one attached hydrogen (secondary N) is 1. The zero-order chi connectivity index (χ0) is 15.7. The number of hydrogen-bond donors (Lipinski definition) is 1. The van der Waals surface area contributed by atoms with E-state index in [1.54, 1.807) is 6.20 Å². The van der Waals surface area contributed by atoms with Gasteiger partial charge < -0.3 is 15.1 Å². The second-order valence-corrected chi connectivity index (χ2v) is 6.33. The summed E-state index contributed by atoms with van der Waals surface area (Å²) in [7, 11) is 0. The molecule has 118 valence electrons. The standard InChI is InChI=1S/C15H21N5O2/c1-15(2,3)22-20-12-11(5-4-6-17-12)13(18-14(20)21)19-9-7-16-8-10-19/h4-6,16H,7-10H2,1-3H3. The molecule has 0 unspecified atom stereocenters. The molecule has 1 fully saturated rings. The fourth-order valence-electron chi connectivity index (χ4n) is 2.49. The molecule has 1 aliphatic rings. The van der Waals surface area contributed by atoms with Gasteiger partial charge in [-0.1, -0.05) is 0 Å². The number of fused-ring (bicyclic) bond motifs is 1. The van der Waals surface area contributed by atoms with Crippen LogP contribution in [0, 0.1) is 0 Å². The van der Waals surface area contributed by atoms with Crippen LogP contribution >= 0.6 is 0 Å². The average Bonchev–Trinajstić information content (AvgIpc) is 2.50. The normalized spacial score (nSPS) is 16.0. The van der Waals surface area contributed by atoms with Crippen molar-refractivity contribution in [3.05, 3.63) is 28.8 Å². The molecule has 1 N–H and O–H groups in total. The zero-order valence-corrected chi connectivity index (χ0v) is 13.2. The van der Waals surface area contributed by atoms with Crippen molar-refractivity contribution in [1.29, 1.82) is 0 Å². The molecule has 3 heterocycles. The minimum absolute atomic E-state index is 0.436. The topological polar surface area (TPSA) is 72.3 Å². The summed E-state index contributed by atoms with van der Waals surface area (Å²) in [4.78, 5) is 28.9. The van der Waals surface area contributed by atoms with Crippen molar-refractivity contribution in [3.8, 4) is 0 Å². The summed E-state index contributed by atoms with van der Waals surface area (Å²) < 4.78 is 1.20. The van der Waals surface area contributed by atoms with Crippen LogP contribution in [0.2, 0.25) is 0 Å². The third kappa shape index (κ3) is 2.89. The monoisotopic (exact) mass is 303 g/mol. The maximum atomic E-state index is 12.4. The summed E-state index contributed by atoms with van der Waals surface area (Å²) in [5.74, 6) is 0.684. The zero-order valence-electron chi connectivity index (χ0n) is 13.2. The van der Waals surface area contributed by atoms with E-state index >= 15 is 0 Å². The lowest BCUT2D eigenvalue weighted by atomic mass is 10.2. The molecule has 1 aliphatic heterocycles. The van der Waals surface area contributed by atoms with Gasteiger partial charge in [-0.15, -0.1) is 4.73 Å². The van der Waals surface area contributed by atoms with Crippen molar-refractivity contribution >= 4 is 16.9 Å². The van der Waals surface area contributed by atoms with Gasteiger partial charge in [-0.05, 0) is 32.9 Å². The molecule has 7 heteroatoms. The lowest BCUT2D eigenvalue weighted by Gasteiger charge is -2.29. The highest BCUT2D eigenvalue weighted by atomic mass is 16.7. The first-order valence-electron chi connectivity index (χ1n) is 7.49. The van der Waals surface area contributed by atoms with Crippen LogP contribution in [-0.2, 0) is 0 Å². The first kappa shape index (κ1) is 14.8. The van der Waals surface area contributed by atoms with Gasteiger partial charge in [0.05, 0.1) is 5.39 Å². The fraction of sp³-hybridized carbons (Fsp3) is 0.533. The summed E-state index contributed by atoms with van der Waals surface area (Å²) in [5, 5.41) is 4.12. The molecule has 0 aromatic carbocycles. The summed E-state index contributed by atoms with van der Waals surface area (Å²) in [6.07, 6.45) is 1.66. The number of pyridine rings is 1. The third-order valence-corrected chi connectivity index (χ3v) is 3.38. The average molecular weight is 303 g/mol. The minimum atomic E-state index is -0.507. The van der Waals surface area contributed by atoms with Crippen LogP contribution < -0.4 is 20.7 Å². The van der Waals surface area contributed by atoms with Crippen LogP contribution in [0.15, 0.2) is 23.1 Å². The highest BCUT2D eigenvalue weighted by Crippen LogP contribution is 2.21. The summed E-state index contributed by atoms with van der Waals surface area (Å²) in [6.45, 7) is 9.06. The highest BCUT2D eigenvalue weighted by Gasteiger charge is 2.21. The Kier molecular flexibility index (Phi) is 3.74. The molecule has 22 heavy (non-hydrogen) atoms. The highest BCUT2D eigenvalue weighted by molar-refractivity contribution is 5.86. The first-order chi connectivity index (χ1) is 10.5. The Labute approximate surface area is 128 Å². The van der Waals surface area contributed by atoms with Crippen LogP contribution in [0.5, 0.6) is 0 Å². The predicted octanol–water partition coefficient (Wildman–Crippen LogP) is 0.428. The number of anilines is 1. The number of nitrogens with zero attached hydrogens (tertiary/aromatic N) is 4. The molecule has 0 spiro atoms. The Hall–Kier alpha value is -2.15. The maximum Gasteiger partial charge on any atom is 0.384 e. The van der Waals surface area contributed by atoms with E-state index in [0.717, 1.165) is 31.6 Å². The molecule has 3 rings (SSSR count). The van der Waals surface area contributed by atoms with E-state index in [0.29, 0.717) is 11.5 Å². The van der Waals surface area contributed by atoms with Gasteiger partial charge in [-0.25, -0.2) is 9.78 Å². The van der Waals surface area contributed by atoms with Crippen molar-refractivity contribution in [1.82, 2.24) is 20.0 Å². The lowest BCUT2D eigenvalue weighted by molar-refractivity contribution is -0.0161. The van der Waals surface area contributed by atoms with Gasteiger partial charge in [0.2, 0.25) is 0 Å². The smallest absolute Gasteiger partial charge is 0.384 e. The van der Waals surface area contributed by atoms with E-state index < -0.39 is 11.3 Å². The summed E-state index contributed by atoms with van der Waals surface area (Å²) in [5.41, 5.74) is -0.437. The number of hydrogen-bond acceptors (Lipinski definition) is 6. The van der Waals surface area contributed by atoms with Gasteiger partial charge in [-0.3, -0.25) is 0 Å². The molecule has 7 nitrogen and oxygen atoms in total. The molecule has 0 radical (unpaired) electrons. The predicted molar refractivity (Wildman–Crippen MR) is 85.2 cm³/mol. The van der Waals surface area contributed by atoms with E-state index in [-0.39, 0.29) is 0 Å². The lowest BCUT2D eigenvalue weighted by Crippen LogP contribution is -2.45. The Balaban J connectivity index is 2.16. The maximum absolute atomic E-state index is 12.4. The Bertz CT molecular complexity index is 729. The molecule has 0 bridgehead atoms. The Morgan fingerprint density at radius 2 is 2.00 bits per heavy atom. The van der Waals surface area contributed by atoms with E-state index in [2.05, 4.69) is 20.2 Å². The number of piperazine rings is 1. The van der Waals surface area contributed by atoms with Crippen LogP contribution in [0.4, 0.5) is 5.82 Å². The number of aromatic nitrogens is 3. The molecule has 2 aromatic heterocycles. The van der Waals surface area contributed by atoms with Crippen LogP contribution in [-0.4, -0.2) is 46.5 Å². The fourth-order valence-corrected chi connectivity index (χ4v) is 2.49. The van der Waals surface area contributed by atoms with Crippen molar-refractivity contribution in [3.63, 3.8) is 0 Å². The summed E-state index contributed by atoms with van der Waals surface area (Å²) >= 11 is 0.